The van der Waals surface area contributed by atoms with Crippen molar-refractivity contribution >= 4 is 42.4 Å². The molecule has 0 fully saturated rings. The maximum atomic E-state index is 13.8. The van der Waals surface area contributed by atoms with Crippen LogP contribution in [0.5, 0.6) is 0 Å². The summed E-state index contributed by atoms with van der Waals surface area (Å²) in [7, 11) is -4.09. The Kier molecular flexibility index (Phi) is 25.9. The second-order valence-electron chi connectivity index (χ2n) is 19.7. The van der Waals surface area contributed by atoms with Gasteiger partial charge < -0.3 is 53.9 Å². The Balaban J connectivity index is 0.929. The molecular weight excluding hydrogens is 954 g/mol. The van der Waals surface area contributed by atoms with E-state index >= 15 is 0 Å². The highest BCUT2D eigenvalue weighted by atomic mass is 31.2. The van der Waals surface area contributed by atoms with E-state index in [9.17, 15) is 33.4 Å². The van der Waals surface area contributed by atoms with Gasteiger partial charge in [-0.3, -0.25) is 14.4 Å². The van der Waals surface area contributed by atoms with Crippen LogP contribution in [0.2, 0.25) is 0 Å². The predicted octanol–water partition coefficient (Wildman–Crippen LogP) is 8.66. The van der Waals surface area contributed by atoms with Gasteiger partial charge >= 0.3 is 18.0 Å². The van der Waals surface area contributed by atoms with Crippen molar-refractivity contribution < 1.29 is 57.8 Å². The molecular formula is C55H84N5O12P. The highest BCUT2D eigenvalue weighted by Gasteiger charge is 2.50. The number of ether oxygens (including phenoxy) is 4. The lowest BCUT2D eigenvalue weighted by Gasteiger charge is -2.35. The number of pyridine rings is 2. The van der Waals surface area contributed by atoms with Gasteiger partial charge in [0.25, 0.3) is 5.56 Å². The van der Waals surface area contributed by atoms with Crippen LogP contribution in [0.25, 0.3) is 22.3 Å². The lowest BCUT2D eigenvalue weighted by molar-refractivity contribution is -0.367. The number of aromatic nitrogens is 2. The summed E-state index contributed by atoms with van der Waals surface area (Å²) >= 11 is 0. The monoisotopic (exact) mass is 1040 g/mol. The van der Waals surface area contributed by atoms with Crippen LogP contribution in [0, 0.1) is 0 Å². The number of benzene rings is 1. The molecule has 3 atom stereocenters. The molecule has 1 aromatic carbocycles. The molecule has 3 aromatic rings. The topological polar surface area (TPSA) is 241 Å². The van der Waals surface area contributed by atoms with Crippen LogP contribution in [0.3, 0.4) is 0 Å². The molecule has 2 aromatic heterocycles. The third-order valence-electron chi connectivity index (χ3n) is 13.8. The Hall–Kier alpha value is -4.67. The second kappa shape index (κ2) is 31.9. The molecule has 5 N–H and O–H groups in total. The first-order chi connectivity index (χ1) is 35.4. The van der Waals surface area contributed by atoms with Crippen LogP contribution in [-0.4, -0.2) is 85.2 Å². The second-order valence-corrected chi connectivity index (χ2v) is 21.6. The Labute approximate surface area is 432 Å². The first kappa shape index (κ1) is 59.2. The number of nitrogens with zero attached hydrogens (tertiary/aromatic N) is 2. The van der Waals surface area contributed by atoms with Crippen molar-refractivity contribution in [2.75, 3.05) is 45.6 Å². The molecule has 2 aliphatic rings. The highest BCUT2D eigenvalue weighted by Crippen LogP contribution is 2.41. The van der Waals surface area contributed by atoms with Crippen LogP contribution in [0.4, 0.5) is 4.79 Å². The fourth-order valence-electron chi connectivity index (χ4n) is 9.53. The highest BCUT2D eigenvalue weighted by molar-refractivity contribution is 7.51. The minimum absolute atomic E-state index is 0.0190. The number of cyclic esters (lactones) is 1. The van der Waals surface area contributed by atoms with Crippen molar-refractivity contribution in [1.29, 1.82) is 0 Å². The number of esters is 2. The van der Waals surface area contributed by atoms with Gasteiger partial charge in [0.05, 0.1) is 48.8 Å². The number of quaternary nitrogens is 1. The summed E-state index contributed by atoms with van der Waals surface area (Å²) in [6, 6.07) is 11.4. The molecule has 2 unspecified atom stereocenters. The van der Waals surface area contributed by atoms with Crippen LogP contribution < -0.4 is 26.8 Å². The molecule has 73 heavy (non-hydrogen) atoms. The summed E-state index contributed by atoms with van der Waals surface area (Å²) in [5.41, 5.74) is 4.83. The van der Waals surface area contributed by atoms with E-state index in [4.69, 9.17) is 28.5 Å². The number of fused-ring (bicyclic) bond motifs is 5. The van der Waals surface area contributed by atoms with E-state index in [1.807, 2.05) is 30.3 Å². The van der Waals surface area contributed by atoms with E-state index in [0.717, 1.165) is 55.0 Å². The van der Waals surface area contributed by atoms with Crippen molar-refractivity contribution in [2.45, 2.75) is 193 Å². The van der Waals surface area contributed by atoms with Crippen LogP contribution in [0.15, 0.2) is 41.2 Å². The minimum atomic E-state index is -4.09. The van der Waals surface area contributed by atoms with E-state index in [-0.39, 0.29) is 80.9 Å². The van der Waals surface area contributed by atoms with Gasteiger partial charge in [-0.05, 0) is 43.9 Å². The molecule has 0 bridgehead atoms. The van der Waals surface area contributed by atoms with Gasteiger partial charge in [0.2, 0.25) is 11.5 Å². The van der Waals surface area contributed by atoms with Gasteiger partial charge in [-0.1, -0.05) is 141 Å². The fourth-order valence-corrected chi connectivity index (χ4v) is 10.7. The smallest absolute Gasteiger partial charge is 0.408 e. The first-order valence-electron chi connectivity index (χ1n) is 27.5. The average Bonchev–Trinajstić information content (AvgIpc) is 3.74. The van der Waals surface area contributed by atoms with Gasteiger partial charge in [-0.2, -0.15) is 0 Å². The molecule has 18 heteroatoms. The fraction of sp³-hybridized carbons (Fsp3) is 0.673. The summed E-state index contributed by atoms with van der Waals surface area (Å²) in [5.74, 6) is -1.40. The summed E-state index contributed by atoms with van der Waals surface area (Å²) in [4.78, 5) is 82.9. The van der Waals surface area contributed by atoms with Crippen molar-refractivity contribution in [3.05, 3.63) is 63.4 Å². The van der Waals surface area contributed by atoms with E-state index in [1.54, 1.807) is 17.6 Å². The molecule has 0 saturated carbocycles. The number of unbranched alkanes of at least 4 members (excludes halogenated alkanes) is 18. The summed E-state index contributed by atoms with van der Waals surface area (Å²) < 4.78 is 41.9. The van der Waals surface area contributed by atoms with Gasteiger partial charge in [-0.25, -0.2) is 14.6 Å². The summed E-state index contributed by atoms with van der Waals surface area (Å²) in [5, 5.41) is 6.34. The van der Waals surface area contributed by atoms with E-state index in [0.29, 0.717) is 50.3 Å². The van der Waals surface area contributed by atoms with E-state index < -0.39 is 37.3 Å². The molecule has 2 aliphatic heterocycles. The minimum Gasteiger partial charge on any atom is -0.778 e. The Morgan fingerprint density at radius 1 is 0.822 bits per heavy atom. The average molecular weight is 1040 g/mol. The van der Waals surface area contributed by atoms with Crippen LogP contribution in [-0.2, 0) is 61.2 Å². The number of nitrogens with one attached hydrogen (secondary N) is 2. The number of hydrogen-bond donors (Lipinski definition) is 3. The number of carbonyl (C=O) groups is 4. The molecule has 0 radical (unpaired) electrons. The summed E-state index contributed by atoms with van der Waals surface area (Å²) in [6.07, 6.45) is 21.6. The van der Waals surface area contributed by atoms with Crippen molar-refractivity contribution in [3.8, 4) is 11.4 Å². The number of amides is 2. The number of hydrogen-bond acceptors (Lipinski definition) is 13. The Bertz CT molecular complexity index is 2330. The van der Waals surface area contributed by atoms with Gasteiger partial charge in [0.15, 0.2) is 0 Å². The molecule has 4 heterocycles. The third-order valence-corrected chi connectivity index (χ3v) is 15.2. The summed E-state index contributed by atoms with van der Waals surface area (Å²) in [6.45, 7) is 4.92. The molecule has 17 nitrogen and oxygen atoms in total. The van der Waals surface area contributed by atoms with E-state index in [2.05, 4.69) is 23.3 Å². The van der Waals surface area contributed by atoms with Crippen molar-refractivity contribution in [2.24, 2.45) is 0 Å². The molecule has 0 saturated heterocycles. The quantitative estimate of drug-likeness (QED) is 0.0165. The van der Waals surface area contributed by atoms with Crippen molar-refractivity contribution in [3.63, 3.8) is 0 Å². The number of alkyl carbamates (subject to hydrolysis) is 1. The predicted molar refractivity (Wildman–Crippen MR) is 279 cm³/mol. The number of para-hydroxylation sites is 1. The van der Waals surface area contributed by atoms with Crippen LogP contribution >= 0.6 is 7.60 Å². The lowest BCUT2D eigenvalue weighted by atomic mass is 9.85. The van der Waals surface area contributed by atoms with Crippen LogP contribution in [0.1, 0.15) is 185 Å². The van der Waals surface area contributed by atoms with Gasteiger partial charge in [0.1, 0.15) is 20.3 Å². The zero-order chi connectivity index (χ0) is 52.3. The number of carbonyl (C=O) groups excluding carboxylic acids is 4. The zero-order valence-electron chi connectivity index (χ0n) is 43.8. The van der Waals surface area contributed by atoms with Gasteiger partial charge in [0, 0.05) is 61.6 Å². The molecule has 5 rings (SSSR count). The van der Waals surface area contributed by atoms with Gasteiger partial charge in [-0.15, -0.1) is 0 Å². The Morgan fingerprint density at radius 3 is 2.12 bits per heavy atom. The molecule has 0 aliphatic carbocycles. The molecule has 0 spiro atoms. The SMILES string of the molecule is CCCCCCCCCCCCCCCCCOCC(COP(=O)([O-])CCC[NH3+])OC(=O)CCCCCCCC(=O)NCCNC(=O)O[C@]1(CC)C(=O)OCc2c1cc1n(c2=O)Cc2cc3ccccc3nc2-1. The molecule has 2 amide bonds. The van der Waals surface area contributed by atoms with E-state index in [1.165, 1.54) is 77.0 Å². The molecule has 406 valence electrons. The maximum absolute atomic E-state index is 13.8. The number of rotatable bonds is 38. The zero-order valence-corrected chi connectivity index (χ0v) is 44.7. The Morgan fingerprint density at radius 2 is 1.45 bits per heavy atom. The standard InChI is InChI=1S/C55H84N5O12P/c1-3-5-6-7-8-9-10-11-12-13-14-15-16-20-25-34-68-39-44(40-70-73(66,67)35-26-31-56)71-50(62)30-22-19-17-18-21-29-49(61)57-32-33-58-54(65)72-55(4-2)46-37-48-51-43(36-42-27-23-24-28-47(42)59-51)38-60(48)52(63)45(46)41-69-53(55)64/h23-24,27-28,36-37,44H,3-22,25-26,29-35,38-41,56H2,1-2H3,(H,57,61)(H,58,65)(H,66,67)/t44?,55-/m0/s1. The largest absolute Gasteiger partial charge is 0.778 e. The third kappa shape index (κ3) is 19.2. The maximum Gasteiger partial charge on any atom is 0.408 e. The first-order valence-corrected chi connectivity index (χ1v) is 29.2. The van der Waals surface area contributed by atoms with Crippen molar-refractivity contribution in [1.82, 2.24) is 20.2 Å². The normalized spacial score (nSPS) is 16.0. The lowest BCUT2D eigenvalue weighted by Crippen LogP contribution is -2.50.